The van der Waals surface area contributed by atoms with Crippen LogP contribution in [0.15, 0.2) is 42.6 Å². The normalized spacial score (nSPS) is 10.5. The van der Waals surface area contributed by atoms with Gasteiger partial charge in [-0.25, -0.2) is 0 Å². The van der Waals surface area contributed by atoms with Gasteiger partial charge in [-0.05, 0) is 6.08 Å². The third kappa shape index (κ3) is 4.89. The summed E-state index contributed by atoms with van der Waals surface area (Å²) in [6.07, 6.45) is 8.40. The van der Waals surface area contributed by atoms with Crippen molar-refractivity contribution in [1.29, 1.82) is 0 Å². The van der Waals surface area contributed by atoms with E-state index < -0.39 is 0 Å². The molecule has 0 aliphatic carbocycles. The minimum absolute atomic E-state index is 1.48. The molecule has 0 aromatic carbocycles. The molecule has 0 atom stereocenters. The molecule has 0 aliphatic rings. The lowest BCUT2D eigenvalue weighted by atomic mass is 10.5. The maximum absolute atomic E-state index is 3.71. The first kappa shape index (κ1) is 6.89. The highest BCUT2D eigenvalue weighted by Crippen LogP contribution is 1.69. The zero-order chi connectivity index (χ0) is 6.24. The van der Waals surface area contributed by atoms with Crippen LogP contribution in [0.2, 0.25) is 0 Å². The van der Waals surface area contributed by atoms with Crippen LogP contribution in [-0.4, -0.2) is 6.21 Å². The Morgan fingerprint density at radius 3 is 2.38 bits per heavy atom. The molecule has 0 aromatic heterocycles. The van der Waals surface area contributed by atoms with Gasteiger partial charge in [0.25, 0.3) is 0 Å². The average molecular weight is 107 g/mol. The molecular formula is C7H9N. The molecule has 0 aliphatic heterocycles. The van der Waals surface area contributed by atoms with Crippen molar-refractivity contribution >= 4 is 6.21 Å². The third-order valence-electron chi connectivity index (χ3n) is 0.525. The van der Waals surface area contributed by atoms with E-state index in [1.807, 2.05) is 0 Å². The maximum atomic E-state index is 3.71. The molecule has 0 amide bonds. The van der Waals surface area contributed by atoms with E-state index in [-0.39, 0.29) is 0 Å². The van der Waals surface area contributed by atoms with Crippen molar-refractivity contribution in [2.24, 2.45) is 4.99 Å². The molecule has 0 N–H and O–H groups in total. The van der Waals surface area contributed by atoms with E-state index in [0.717, 1.165) is 0 Å². The smallest absolute Gasteiger partial charge is 0.0267 e. The highest BCUT2D eigenvalue weighted by molar-refractivity contribution is 5.71. The van der Waals surface area contributed by atoms with Gasteiger partial charge in [0, 0.05) is 12.4 Å². The van der Waals surface area contributed by atoms with E-state index in [9.17, 15) is 0 Å². The number of hydrogen-bond donors (Lipinski definition) is 0. The molecule has 1 heteroatoms. The van der Waals surface area contributed by atoms with Crippen LogP contribution in [0.1, 0.15) is 0 Å². The minimum Gasteiger partial charge on any atom is -0.265 e. The van der Waals surface area contributed by atoms with Crippen LogP contribution in [-0.2, 0) is 0 Å². The second kappa shape index (κ2) is 5.89. The zero-order valence-electron chi connectivity index (χ0n) is 4.75. The minimum atomic E-state index is 1.48. The summed E-state index contributed by atoms with van der Waals surface area (Å²) in [5.74, 6) is 0. The summed E-state index contributed by atoms with van der Waals surface area (Å²) in [5.41, 5.74) is 0. The van der Waals surface area contributed by atoms with Crippen LogP contribution in [0.25, 0.3) is 0 Å². The number of rotatable bonds is 3. The van der Waals surface area contributed by atoms with E-state index in [2.05, 4.69) is 18.2 Å². The fraction of sp³-hybridized carbons (Fsp3) is 0. The second-order valence-electron chi connectivity index (χ2n) is 1.10. The molecule has 0 rings (SSSR count). The molecule has 0 bridgehead atoms. The molecule has 0 spiro atoms. The third-order valence-corrected chi connectivity index (χ3v) is 0.525. The first-order chi connectivity index (χ1) is 3.91. The van der Waals surface area contributed by atoms with Crippen molar-refractivity contribution in [3.63, 3.8) is 0 Å². The highest BCUT2D eigenvalue weighted by atomic mass is 14.6. The van der Waals surface area contributed by atoms with E-state index in [0.29, 0.717) is 0 Å². The summed E-state index contributed by atoms with van der Waals surface area (Å²) >= 11 is 0. The molecule has 0 heterocycles. The Balaban J connectivity index is 3.41. The number of allylic oxidation sites excluding steroid dienone is 3. The standard InChI is InChI=1S/C7H9N/c1-3-5-6-7-8-4-2/h3-7H,1-2H2/b6-5-,8-7-. The molecule has 42 valence electrons. The average Bonchev–Trinajstić information content (AvgIpc) is 1.81. The Bertz CT molecular complexity index is 104. The van der Waals surface area contributed by atoms with Crippen molar-refractivity contribution in [3.05, 3.63) is 37.6 Å². The van der Waals surface area contributed by atoms with Gasteiger partial charge in [0.05, 0.1) is 0 Å². The molecular weight excluding hydrogens is 98.1 g/mol. The summed E-state index contributed by atoms with van der Waals surface area (Å²) in [6, 6.07) is 0. The SMILES string of the molecule is C=C/C=C\C=N/C=C. The molecule has 0 saturated carbocycles. The molecule has 0 radical (unpaired) electrons. The Morgan fingerprint density at radius 2 is 1.88 bits per heavy atom. The van der Waals surface area contributed by atoms with Gasteiger partial charge in [0.2, 0.25) is 0 Å². The van der Waals surface area contributed by atoms with Crippen molar-refractivity contribution in [2.45, 2.75) is 0 Å². The molecule has 0 unspecified atom stereocenters. The largest absolute Gasteiger partial charge is 0.265 e. The summed E-state index contributed by atoms with van der Waals surface area (Å²) in [5, 5.41) is 0. The quantitative estimate of drug-likeness (QED) is 0.386. The summed E-state index contributed by atoms with van der Waals surface area (Å²) in [7, 11) is 0. The fourth-order valence-electron chi connectivity index (χ4n) is 0.239. The molecule has 0 fully saturated rings. The van der Waals surface area contributed by atoms with Crippen LogP contribution < -0.4 is 0 Å². The maximum Gasteiger partial charge on any atom is 0.0267 e. The molecule has 0 aromatic rings. The Hall–Kier alpha value is -1.11. The number of hydrogen-bond acceptors (Lipinski definition) is 1. The second-order valence-corrected chi connectivity index (χ2v) is 1.10. The Labute approximate surface area is 49.8 Å². The monoisotopic (exact) mass is 107 g/mol. The Morgan fingerprint density at radius 1 is 1.12 bits per heavy atom. The van der Waals surface area contributed by atoms with Gasteiger partial charge in [0.1, 0.15) is 0 Å². The first-order valence-electron chi connectivity index (χ1n) is 2.33. The van der Waals surface area contributed by atoms with E-state index in [4.69, 9.17) is 0 Å². The predicted octanol–water partition coefficient (Wildman–Crippen LogP) is 1.94. The van der Waals surface area contributed by atoms with Crippen LogP contribution >= 0.6 is 0 Å². The van der Waals surface area contributed by atoms with Crippen molar-refractivity contribution < 1.29 is 0 Å². The Kier molecular flexibility index (Phi) is 5.07. The van der Waals surface area contributed by atoms with Crippen LogP contribution in [0.3, 0.4) is 0 Å². The fourth-order valence-corrected chi connectivity index (χ4v) is 0.239. The van der Waals surface area contributed by atoms with Crippen molar-refractivity contribution in [2.75, 3.05) is 0 Å². The lowest BCUT2D eigenvalue weighted by molar-refractivity contribution is 1.63. The van der Waals surface area contributed by atoms with E-state index in [1.165, 1.54) is 6.20 Å². The molecule has 8 heavy (non-hydrogen) atoms. The van der Waals surface area contributed by atoms with Gasteiger partial charge in [-0.3, -0.25) is 4.99 Å². The van der Waals surface area contributed by atoms with Gasteiger partial charge >= 0.3 is 0 Å². The molecule has 1 nitrogen and oxygen atoms in total. The topological polar surface area (TPSA) is 12.4 Å². The van der Waals surface area contributed by atoms with Gasteiger partial charge in [-0.2, -0.15) is 0 Å². The number of nitrogens with zero attached hydrogens (tertiary/aromatic N) is 1. The summed E-state index contributed by atoms with van der Waals surface area (Å²) in [4.78, 5) is 3.71. The van der Waals surface area contributed by atoms with Crippen molar-refractivity contribution in [3.8, 4) is 0 Å². The summed E-state index contributed by atoms with van der Waals surface area (Å²) in [6.45, 7) is 6.88. The van der Waals surface area contributed by atoms with Gasteiger partial charge in [-0.15, -0.1) is 0 Å². The zero-order valence-corrected chi connectivity index (χ0v) is 4.75. The van der Waals surface area contributed by atoms with Crippen LogP contribution in [0.4, 0.5) is 0 Å². The predicted molar refractivity (Wildman–Crippen MR) is 38.0 cm³/mol. The van der Waals surface area contributed by atoms with Crippen LogP contribution in [0, 0.1) is 0 Å². The van der Waals surface area contributed by atoms with Gasteiger partial charge < -0.3 is 0 Å². The lowest BCUT2D eigenvalue weighted by Crippen LogP contribution is -1.57. The van der Waals surface area contributed by atoms with Gasteiger partial charge in [0.15, 0.2) is 0 Å². The lowest BCUT2D eigenvalue weighted by Gasteiger charge is -1.67. The highest BCUT2D eigenvalue weighted by Gasteiger charge is 1.55. The summed E-state index contributed by atoms with van der Waals surface area (Å²) < 4.78 is 0. The van der Waals surface area contributed by atoms with E-state index in [1.54, 1.807) is 24.4 Å². The van der Waals surface area contributed by atoms with Crippen LogP contribution in [0.5, 0.6) is 0 Å². The first-order valence-corrected chi connectivity index (χ1v) is 2.33. The van der Waals surface area contributed by atoms with E-state index >= 15 is 0 Å². The molecule has 0 saturated heterocycles. The van der Waals surface area contributed by atoms with Crippen molar-refractivity contribution in [1.82, 2.24) is 0 Å². The van der Waals surface area contributed by atoms with Gasteiger partial charge in [-0.1, -0.05) is 25.3 Å². The number of aliphatic imine (C=N–C) groups is 1.